The molecule has 0 fully saturated rings. The number of nitrogens with one attached hydrogen (secondary N) is 2. The van der Waals surface area contributed by atoms with E-state index < -0.39 is 4.92 Å². The Bertz CT molecular complexity index is 482. The predicted octanol–water partition coefficient (Wildman–Crippen LogP) is 1.65. The van der Waals surface area contributed by atoms with E-state index in [-0.39, 0.29) is 6.04 Å². The highest BCUT2D eigenvalue weighted by Gasteiger charge is 2.05. The molecule has 8 heteroatoms. The van der Waals surface area contributed by atoms with Crippen LogP contribution in [0.1, 0.15) is 11.9 Å². The van der Waals surface area contributed by atoms with E-state index in [2.05, 4.69) is 21.5 Å². The molecular formula is C12H16N4O2S2. The molecule has 0 saturated heterocycles. The molecule has 1 aromatic rings. The van der Waals surface area contributed by atoms with Crippen molar-refractivity contribution in [1.82, 2.24) is 15.6 Å². The van der Waals surface area contributed by atoms with Crippen molar-refractivity contribution in [2.75, 3.05) is 12.3 Å². The van der Waals surface area contributed by atoms with Crippen LogP contribution in [0.15, 0.2) is 23.6 Å². The predicted molar refractivity (Wildman–Crippen MR) is 82.8 cm³/mol. The van der Waals surface area contributed by atoms with Gasteiger partial charge in [-0.2, -0.15) is 11.8 Å². The maximum Gasteiger partial charge on any atom is 0.274 e. The number of thioether (sulfide) groups is 1. The molecule has 2 N–H and O–H groups in total. The second-order valence-corrected chi connectivity index (χ2v) is 5.85. The maximum atomic E-state index is 10.5. The smallest absolute Gasteiger partial charge is 0.274 e. The van der Waals surface area contributed by atoms with Crippen molar-refractivity contribution in [2.24, 2.45) is 0 Å². The van der Waals surface area contributed by atoms with Crippen LogP contribution in [0.4, 0.5) is 0 Å². The first kappa shape index (κ1) is 16.3. The van der Waals surface area contributed by atoms with Gasteiger partial charge in [0.2, 0.25) is 0 Å². The van der Waals surface area contributed by atoms with E-state index in [0.29, 0.717) is 12.4 Å². The lowest BCUT2D eigenvalue weighted by molar-refractivity contribution is -0.404. The molecule has 0 spiro atoms. The summed E-state index contributed by atoms with van der Waals surface area (Å²) >= 11 is 3.34. The first-order chi connectivity index (χ1) is 9.61. The average Bonchev–Trinajstić information content (AvgIpc) is 2.90. The van der Waals surface area contributed by atoms with Gasteiger partial charge >= 0.3 is 0 Å². The molecule has 20 heavy (non-hydrogen) atoms. The Hall–Kier alpha value is -1.72. The number of thiazole rings is 1. The molecule has 1 heterocycles. The molecule has 0 aliphatic carbocycles. The fourth-order valence-electron chi connectivity index (χ4n) is 1.26. The van der Waals surface area contributed by atoms with Gasteiger partial charge in [-0.25, -0.2) is 4.98 Å². The number of terminal acetylenes is 1. The van der Waals surface area contributed by atoms with E-state index in [0.717, 1.165) is 22.7 Å². The van der Waals surface area contributed by atoms with Gasteiger partial charge < -0.3 is 10.6 Å². The Morgan fingerprint density at radius 3 is 3.20 bits per heavy atom. The molecule has 0 aliphatic rings. The van der Waals surface area contributed by atoms with Gasteiger partial charge in [-0.3, -0.25) is 10.1 Å². The molecule has 1 rings (SSSR count). The Morgan fingerprint density at radius 1 is 1.80 bits per heavy atom. The summed E-state index contributed by atoms with van der Waals surface area (Å²) in [7, 11) is 0. The van der Waals surface area contributed by atoms with Crippen LogP contribution in [0.3, 0.4) is 0 Å². The quantitative estimate of drug-likeness (QED) is 0.312. The van der Waals surface area contributed by atoms with Crippen molar-refractivity contribution >= 4 is 23.1 Å². The first-order valence-corrected chi connectivity index (χ1v) is 7.93. The van der Waals surface area contributed by atoms with Crippen molar-refractivity contribution in [2.45, 2.75) is 18.7 Å². The lowest BCUT2D eigenvalue weighted by Crippen LogP contribution is -2.34. The van der Waals surface area contributed by atoms with E-state index in [4.69, 9.17) is 6.42 Å². The number of nitrogens with zero attached hydrogens (tertiary/aromatic N) is 2. The third-order valence-electron chi connectivity index (χ3n) is 2.13. The minimum absolute atomic E-state index is 0.267. The van der Waals surface area contributed by atoms with Crippen molar-refractivity contribution in [3.05, 3.63) is 38.7 Å². The summed E-state index contributed by atoms with van der Waals surface area (Å²) < 4.78 is 0. The number of hydrogen-bond donors (Lipinski definition) is 2. The van der Waals surface area contributed by atoms with E-state index in [9.17, 15) is 10.1 Å². The topological polar surface area (TPSA) is 80.1 Å². The normalized spacial score (nSPS) is 12.5. The first-order valence-electron chi connectivity index (χ1n) is 5.89. The van der Waals surface area contributed by atoms with Gasteiger partial charge in [-0.1, -0.05) is 5.92 Å². The zero-order valence-corrected chi connectivity index (χ0v) is 12.7. The lowest BCUT2D eigenvalue weighted by atomic mass is 10.3. The number of nitro groups is 1. The SMILES string of the molecule is C#CC(C)N/C(=C/[N+](=O)[O-])NCCSCc1nccs1. The van der Waals surface area contributed by atoms with Gasteiger partial charge in [0.15, 0.2) is 5.82 Å². The van der Waals surface area contributed by atoms with Crippen LogP contribution in [-0.2, 0) is 5.75 Å². The summed E-state index contributed by atoms with van der Waals surface area (Å²) in [6.45, 7) is 2.37. The fraction of sp³-hybridized carbons (Fsp3) is 0.417. The van der Waals surface area contributed by atoms with E-state index in [1.807, 2.05) is 5.38 Å². The minimum atomic E-state index is -0.513. The van der Waals surface area contributed by atoms with Gasteiger partial charge in [0.1, 0.15) is 5.01 Å². The monoisotopic (exact) mass is 312 g/mol. The van der Waals surface area contributed by atoms with Crippen LogP contribution in [-0.4, -0.2) is 28.2 Å². The summed E-state index contributed by atoms with van der Waals surface area (Å²) in [5, 5.41) is 19.4. The van der Waals surface area contributed by atoms with Gasteiger partial charge in [0.05, 0.1) is 11.0 Å². The molecule has 1 aromatic heterocycles. The lowest BCUT2D eigenvalue weighted by Gasteiger charge is -2.13. The molecule has 0 radical (unpaired) electrons. The van der Waals surface area contributed by atoms with E-state index in [1.54, 1.807) is 36.2 Å². The van der Waals surface area contributed by atoms with Crippen LogP contribution >= 0.6 is 23.1 Å². The van der Waals surface area contributed by atoms with Gasteiger partial charge in [0.25, 0.3) is 6.20 Å². The number of hydrogen-bond acceptors (Lipinski definition) is 7. The van der Waals surface area contributed by atoms with E-state index in [1.165, 1.54) is 0 Å². The van der Waals surface area contributed by atoms with Crippen LogP contribution in [0.2, 0.25) is 0 Å². The van der Waals surface area contributed by atoms with Crippen molar-refractivity contribution in [1.29, 1.82) is 0 Å². The molecule has 0 aliphatic heterocycles. The molecule has 1 unspecified atom stereocenters. The molecule has 0 bridgehead atoms. The van der Waals surface area contributed by atoms with Crippen molar-refractivity contribution in [3.8, 4) is 12.3 Å². The van der Waals surface area contributed by atoms with Gasteiger partial charge in [-0.05, 0) is 6.92 Å². The summed E-state index contributed by atoms with van der Waals surface area (Å²) in [5.74, 6) is 4.46. The molecule has 108 valence electrons. The van der Waals surface area contributed by atoms with Crippen LogP contribution in [0, 0.1) is 22.5 Å². The third kappa shape index (κ3) is 7.01. The molecule has 0 aromatic carbocycles. The van der Waals surface area contributed by atoms with E-state index >= 15 is 0 Å². The zero-order chi connectivity index (χ0) is 14.8. The standard InChI is InChI=1S/C12H16N4O2S2/c1-3-10(2)15-11(8-16(17)18)13-4-6-19-9-12-14-5-7-20-12/h1,5,7-8,10,13,15H,4,6,9H2,2H3/b11-8+. The third-order valence-corrected chi connectivity index (χ3v) is 4.06. The summed E-state index contributed by atoms with van der Waals surface area (Å²) in [6.07, 6.45) is 7.90. The molecule has 1 atom stereocenters. The highest BCUT2D eigenvalue weighted by atomic mass is 32.2. The summed E-state index contributed by atoms with van der Waals surface area (Å²) in [6, 6.07) is -0.267. The molecule has 6 nitrogen and oxygen atoms in total. The second kappa shape index (κ2) is 9.23. The Morgan fingerprint density at radius 2 is 2.60 bits per heavy atom. The Kier molecular flexibility index (Phi) is 7.54. The van der Waals surface area contributed by atoms with Gasteiger partial charge in [0, 0.05) is 29.6 Å². The van der Waals surface area contributed by atoms with Crippen LogP contribution < -0.4 is 10.6 Å². The van der Waals surface area contributed by atoms with Crippen molar-refractivity contribution < 1.29 is 4.92 Å². The second-order valence-electron chi connectivity index (χ2n) is 3.77. The largest absolute Gasteiger partial charge is 0.366 e. The molecule has 0 saturated carbocycles. The highest BCUT2D eigenvalue weighted by Crippen LogP contribution is 2.13. The van der Waals surface area contributed by atoms with Crippen LogP contribution in [0.5, 0.6) is 0 Å². The summed E-state index contributed by atoms with van der Waals surface area (Å²) in [5.41, 5.74) is 0. The maximum absolute atomic E-state index is 10.5. The number of rotatable bonds is 9. The molecular weight excluding hydrogens is 296 g/mol. The van der Waals surface area contributed by atoms with Crippen molar-refractivity contribution in [3.63, 3.8) is 0 Å². The summed E-state index contributed by atoms with van der Waals surface area (Å²) in [4.78, 5) is 14.2. The number of aromatic nitrogens is 1. The average molecular weight is 312 g/mol. The Balaban J connectivity index is 2.28. The van der Waals surface area contributed by atoms with Crippen LogP contribution in [0.25, 0.3) is 0 Å². The fourth-order valence-corrected chi connectivity index (χ4v) is 2.82. The zero-order valence-electron chi connectivity index (χ0n) is 11.0. The Labute approximate surface area is 126 Å². The highest BCUT2D eigenvalue weighted by molar-refractivity contribution is 7.98. The minimum Gasteiger partial charge on any atom is -0.366 e. The van der Waals surface area contributed by atoms with Gasteiger partial charge in [-0.15, -0.1) is 17.8 Å². The molecule has 0 amide bonds.